The molecule has 0 aliphatic heterocycles. The molecule has 1 amide bonds. The number of fused-ring (bicyclic) bond motifs is 2. The van der Waals surface area contributed by atoms with E-state index < -0.39 is 11.7 Å². The lowest BCUT2D eigenvalue weighted by Gasteiger charge is -2.12. The van der Waals surface area contributed by atoms with Crippen molar-refractivity contribution < 1.29 is 9.18 Å². The number of hydrogen-bond acceptors (Lipinski definition) is 3. The Balaban J connectivity index is 1.78. The van der Waals surface area contributed by atoms with Gasteiger partial charge in [0.15, 0.2) is 0 Å². The summed E-state index contributed by atoms with van der Waals surface area (Å²) in [7, 11) is 0. The smallest absolute Gasteiger partial charge is 0.247 e. The molecule has 0 unspecified atom stereocenters. The van der Waals surface area contributed by atoms with Gasteiger partial charge in [-0.05, 0) is 67.4 Å². The van der Waals surface area contributed by atoms with Crippen molar-refractivity contribution in [2.75, 3.05) is 5.32 Å². The molecule has 0 fully saturated rings. The molecular weight excluding hydrogens is 405 g/mol. The quantitative estimate of drug-likeness (QED) is 0.376. The first kappa shape index (κ1) is 19.7. The number of pyridine rings is 1. The molecule has 6 nitrogen and oxygen atoms in total. The van der Waals surface area contributed by atoms with Crippen molar-refractivity contribution in [2.24, 2.45) is 0 Å². The molecular formula is C25H20FN5O. The summed E-state index contributed by atoms with van der Waals surface area (Å²) < 4.78 is 17.1. The zero-order valence-corrected chi connectivity index (χ0v) is 17.6. The number of hydrogen-bond donors (Lipinski definition) is 2. The lowest BCUT2D eigenvalue weighted by Crippen LogP contribution is -2.08. The van der Waals surface area contributed by atoms with Gasteiger partial charge in [0, 0.05) is 33.9 Å². The van der Waals surface area contributed by atoms with Crippen LogP contribution in [-0.4, -0.2) is 25.7 Å². The number of rotatable bonds is 4. The van der Waals surface area contributed by atoms with E-state index in [1.807, 2.05) is 42.0 Å². The van der Waals surface area contributed by atoms with Crippen molar-refractivity contribution in [3.05, 3.63) is 84.6 Å². The van der Waals surface area contributed by atoms with Crippen LogP contribution in [0.1, 0.15) is 11.3 Å². The van der Waals surface area contributed by atoms with Crippen LogP contribution < -0.4 is 5.32 Å². The van der Waals surface area contributed by atoms with Crippen LogP contribution >= 0.6 is 0 Å². The average Bonchev–Trinajstić information content (AvgIpc) is 3.37. The third kappa shape index (κ3) is 2.98. The minimum absolute atomic E-state index is 0.353. The third-order valence-electron chi connectivity index (χ3n) is 5.69. The standard InChI is InChI=1S/C25H20FN5O/c1-4-22(32)29-16-8-10-21(19(26)12-16)31-15(3)24(17-6-5-11-27-25(17)31)23-14(2)7-9-20-18(23)13-28-30-20/h4-13H,1H2,2-3H3,(H,28,30)(H,29,32). The number of carbonyl (C=O) groups excluding carboxylic acids is 1. The second kappa shape index (κ2) is 7.46. The second-order valence-electron chi connectivity index (χ2n) is 7.62. The highest BCUT2D eigenvalue weighted by atomic mass is 19.1. The summed E-state index contributed by atoms with van der Waals surface area (Å²) >= 11 is 0. The maximum Gasteiger partial charge on any atom is 0.247 e. The first-order valence-electron chi connectivity index (χ1n) is 10.1. The van der Waals surface area contributed by atoms with E-state index >= 15 is 4.39 Å². The molecule has 5 rings (SSSR count). The lowest BCUT2D eigenvalue weighted by molar-refractivity contribution is -0.111. The summed E-state index contributed by atoms with van der Waals surface area (Å²) in [5.74, 6) is -0.866. The van der Waals surface area contributed by atoms with E-state index in [2.05, 4.69) is 34.0 Å². The topological polar surface area (TPSA) is 75.6 Å². The molecule has 0 aliphatic rings. The molecule has 0 saturated carbocycles. The summed E-state index contributed by atoms with van der Waals surface area (Å²) in [5, 5.41) is 11.7. The van der Waals surface area contributed by atoms with E-state index in [9.17, 15) is 4.79 Å². The molecule has 0 atom stereocenters. The molecule has 5 aromatic rings. The predicted octanol–water partition coefficient (Wildman–Crippen LogP) is 5.45. The lowest BCUT2D eigenvalue weighted by atomic mass is 9.95. The van der Waals surface area contributed by atoms with Gasteiger partial charge in [0.1, 0.15) is 11.5 Å². The minimum Gasteiger partial charge on any atom is -0.322 e. The van der Waals surface area contributed by atoms with Crippen LogP contribution in [0.25, 0.3) is 38.8 Å². The maximum atomic E-state index is 15.3. The van der Waals surface area contributed by atoms with Crippen molar-refractivity contribution in [1.29, 1.82) is 0 Å². The van der Waals surface area contributed by atoms with Crippen LogP contribution in [0, 0.1) is 19.7 Å². The van der Waals surface area contributed by atoms with E-state index in [0.717, 1.165) is 44.7 Å². The zero-order chi connectivity index (χ0) is 22.4. The Hall–Kier alpha value is -4.26. The van der Waals surface area contributed by atoms with Crippen molar-refractivity contribution in [3.63, 3.8) is 0 Å². The summed E-state index contributed by atoms with van der Waals surface area (Å²) in [6.45, 7) is 7.44. The van der Waals surface area contributed by atoms with Gasteiger partial charge in [-0.1, -0.05) is 12.6 Å². The fourth-order valence-electron chi connectivity index (χ4n) is 4.26. The Bertz CT molecular complexity index is 1530. The number of amides is 1. The van der Waals surface area contributed by atoms with Crippen molar-refractivity contribution >= 4 is 33.5 Å². The molecule has 0 bridgehead atoms. The Morgan fingerprint density at radius 1 is 1.16 bits per heavy atom. The number of carbonyl (C=O) groups is 1. The summed E-state index contributed by atoms with van der Waals surface area (Å²) in [5.41, 5.74) is 6.28. The van der Waals surface area contributed by atoms with E-state index in [4.69, 9.17) is 0 Å². The highest BCUT2D eigenvalue weighted by Gasteiger charge is 2.22. The van der Waals surface area contributed by atoms with Gasteiger partial charge >= 0.3 is 0 Å². The average molecular weight is 425 g/mol. The Labute approximate surface area is 183 Å². The number of H-pyrrole nitrogens is 1. The number of benzene rings is 2. The van der Waals surface area contributed by atoms with E-state index in [1.54, 1.807) is 18.3 Å². The van der Waals surface area contributed by atoms with Crippen molar-refractivity contribution in [2.45, 2.75) is 13.8 Å². The zero-order valence-electron chi connectivity index (χ0n) is 17.6. The normalized spacial score (nSPS) is 11.2. The Kier molecular flexibility index (Phi) is 4.59. The monoisotopic (exact) mass is 425 g/mol. The number of nitrogens with zero attached hydrogens (tertiary/aromatic N) is 3. The van der Waals surface area contributed by atoms with Crippen LogP contribution in [0.2, 0.25) is 0 Å². The van der Waals surface area contributed by atoms with E-state index in [-0.39, 0.29) is 0 Å². The van der Waals surface area contributed by atoms with Crippen LogP contribution in [0.3, 0.4) is 0 Å². The Morgan fingerprint density at radius 2 is 2.00 bits per heavy atom. The third-order valence-corrected chi connectivity index (χ3v) is 5.69. The first-order chi connectivity index (χ1) is 15.5. The molecule has 158 valence electrons. The number of aromatic nitrogens is 4. The SMILES string of the molecule is C=CC(=O)Nc1ccc(-n2c(C)c(-c3c(C)ccc4[nH]ncc34)c3cccnc32)c(F)c1. The summed E-state index contributed by atoms with van der Waals surface area (Å²) in [6, 6.07) is 12.5. The maximum absolute atomic E-state index is 15.3. The van der Waals surface area contributed by atoms with Crippen molar-refractivity contribution in [1.82, 2.24) is 19.7 Å². The number of nitrogens with one attached hydrogen (secondary N) is 2. The largest absolute Gasteiger partial charge is 0.322 e. The van der Waals surface area contributed by atoms with Crippen LogP contribution in [0.15, 0.2) is 67.5 Å². The molecule has 0 radical (unpaired) electrons. The molecule has 0 spiro atoms. The highest BCUT2D eigenvalue weighted by Crippen LogP contribution is 2.40. The highest BCUT2D eigenvalue weighted by molar-refractivity contribution is 6.06. The molecule has 0 aliphatic carbocycles. The van der Waals surface area contributed by atoms with Crippen LogP contribution in [-0.2, 0) is 4.79 Å². The number of halogens is 1. The molecule has 3 aromatic heterocycles. The van der Waals surface area contributed by atoms with Gasteiger partial charge in [-0.2, -0.15) is 5.10 Å². The number of aryl methyl sites for hydroxylation is 1. The summed E-state index contributed by atoms with van der Waals surface area (Å²) in [6.07, 6.45) is 4.66. The van der Waals surface area contributed by atoms with Gasteiger partial charge in [-0.3, -0.25) is 14.5 Å². The number of anilines is 1. The summed E-state index contributed by atoms with van der Waals surface area (Å²) in [4.78, 5) is 16.2. The Morgan fingerprint density at radius 3 is 2.78 bits per heavy atom. The fraction of sp³-hybridized carbons (Fsp3) is 0.0800. The molecule has 3 heterocycles. The van der Waals surface area contributed by atoms with E-state index in [0.29, 0.717) is 17.0 Å². The van der Waals surface area contributed by atoms with Crippen molar-refractivity contribution in [3.8, 4) is 16.8 Å². The van der Waals surface area contributed by atoms with Crippen LogP contribution in [0.4, 0.5) is 10.1 Å². The van der Waals surface area contributed by atoms with Crippen LogP contribution in [0.5, 0.6) is 0 Å². The van der Waals surface area contributed by atoms with Gasteiger partial charge in [-0.15, -0.1) is 0 Å². The molecule has 32 heavy (non-hydrogen) atoms. The molecule has 0 saturated heterocycles. The molecule has 2 N–H and O–H groups in total. The first-order valence-corrected chi connectivity index (χ1v) is 10.1. The van der Waals surface area contributed by atoms with Gasteiger partial charge in [0.05, 0.1) is 17.4 Å². The second-order valence-corrected chi connectivity index (χ2v) is 7.62. The van der Waals surface area contributed by atoms with Gasteiger partial charge in [0.2, 0.25) is 5.91 Å². The van der Waals surface area contributed by atoms with Gasteiger partial charge < -0.3 is 5.32 Å². The van der Waals surface area contributed by atoms with Gasteiger partial charge in [0.25, 0.3) is 0 Å². The molecule has 2 aromatic carbocycles. The predicted molar refractivity (Wildman–Crippen MR) is 124 cm³/mol. The minimum atomic E-state index is -0.470. The number of aromatic amines is 1. The molecule has 7 heteroatoms. The fourth-order valence-corrected chi connectivity index (χ4v) is 4.26. The van der Waals surface area contributed by atoms with E-state index in [1.165, 1.54) is 6.07 Å². The van der Waals surface area contributed by atoms with Gasteiger partial charge in [-0.25, -0.2) is 9.37 Å².